The fraction of sp³-hybridized carbons (Fsp3) is 0. The zero-order valence-corrected chi connectivity index (χ0v) is 31.4. The van der Waals surface area contributed by atoms with Crippen LogP contribution in [-0.4, -0.2) is 54.2 Å². The maximum Gasteiger partial charge on any atom is 0.296 e. The van der Waals surface area contributed by atoms with Crippen LogP contribution in [0.25, 0.3) is 10.8 Å². The second-order valence-electron chi connectivity index (χ2n) is 11.9. The van der Waals surface area contributed by atoms with Gasteiger partial charge >= 0.3 is 0 Å². The molecule has 0 heterocycles. The van der Waals surface area contributed by atoms with Gasteiger partial charge in [0.2, 0.25) is 0 Å². The van der Waals surface area contributed by atoms with E-state index in [-0.39, 0.29) is 34.2 Å². The summed E-state index contributed by atoms with van der Waals surface area (Å²) in [6.07, 6.45) is 0. The first-order valence-corrected chi connectivity index (χ1v) is 20.2. The third kappa shape index (κ3) is 8.96. The molecule has 0 saturated heterocycles. The van der Waals surface area contributed by atoms with E-state index in [1.54, 1.807) is 0 Å². The van der Waals surface area contributed by atoms with Crippen LogP contribution in [0.2, 0.25) is 0 Å². The number of fused-ring (bicyclic) bond motifs is 1. The monoisotopic (exact) mass is 849 g/mol. The number of nitrogens with two attached hydrogens (primary N) is 2. The van der Waals surface area contributed by atoms with Crippen molar-refractivity contribution in [2.75, 3.05) is 16.8 Å². The zero-order chi connectivity index (χ0) is 42.2. The smallest absolute Gasteiger partial charge is 0.296 e. The quantitative estimate of drug-likeness (QED) is 0.0340. The Morgan fingerprint density at radius 1 is 0.517 bits per heavy atom. The number of phenols is 3. The van der Waals surface area contributed by atoms with Gasteiger partial charge in [-0.25, -0.2) is 0 Å². The standard InChI is InChI=1S/C34H27N9O12S3/c35-18-1-11-24(26(45)15-18)41-38-20-4-2-19(3-5-20)37-25-12-8-22(16-27(25)56(47,48)49)40-42-32-28(57(50,51)52)13-17-14-29(58(53,54)55)33(34(46)30(17)31(32)36)43-39-21-6-9-23(44)10-7-21/h1-16,37,44-46H,35-36H2,(H,47,48,49)(H,50,51,52)(H,53,54,55). The summed E-state index contributed by atoms with van der Waals surface area (Å²) in [5.74, 6) is -1.33. The number of hydrogen-bond donors (Lipinski definition) is 9. The molecule has 0 aromatic heterocycles. The third-order valence-corrected chi connectivity index (χ3v) is 10.5. The van der Waals surface area contributed by atoms with E-state index in [9.17, 15) is 54.2 Å². The molecule has 0 amide bonds. The molecule has 0 saturated carbocycles. The number of nitrogens with zero attached hydrogens (tertiary/aromatic N) is 6. The van der Waals surface area contributed by atoms with Crippen molar-refractivity contribution in [3.8, 4) is 17.2 Å². The van der Waals surface area contributed by atoms with Crippen LogP contribution in [0.3, 0.4) is 0 Å². The lowest BCUT2D eigenvalue weighted by molar-refractivity contribution is 0.472. The number of nitrogen functional groups attached to an aromatic ring is 2. The van der Waals surface area contributed by atoms with E-state index in [1.807, 2.05) is 0 Å². The van der Waals surface area contributed by atoms with Crippen molar-refractivity contribution in [2.24, 2.45) is 30.7 Å². The molecule has 0 radical (unpaired) electrons. The molecule has 6 rings (SSSR count). The van der Waals surface area contributed by atoms with Crippen LogP contribution in [0.5, 0.6) is 17.2 Å². The Morgan fingerprint density at radius 2 is 1.03 bits per heavy atom. The Balaban J connectivity index is 1.37. The molecule has 24 heteroatoms. The molecule has 0 atom stereocenters. The summed E-state index contributed by atoms with van der Waals surface area (Å²) in [7, 11) is -15.4. The predicted octanol–water partition coefficient (Wildman–Crippen LogP) is 7.85. The molecule has 21 nitrogen and oxygen atoms in total. The SMILES string of the molecule is Nc1ccc(N=Nc2ccc(Nc3ccc(N=Nc4c(S(=O)(=O)O)cc5cc(S(=O)(=O)O)c(N=Nc6ccc(O)cc6)c(O)c5c4N)cc3S(=O)(=O)O)cc2)c(O)c1. The van der Waals surface area contributed by atoms with Crippen LogP contribution in [0.15, 0.2) is 142 Å². The number of aromatic hydroxyl groups is 3. The predicted molar refractivity (Wildman–Crippen MR) is 209 cm³/mol. The number of benzene rings is 6. The molecule has 11 N–H and O–H groups in total. The third-order valence-electron chi connectivity index (χ3n) is 7.91. The summed E-state index contributed by atoms with van der Waals surface area (Å²) >= 11 is 0. The molecular weight excluding hydrogens is 823 g/mol. The number of rotatable bonds is 11. The van der Waals surface area contributed by atoms with Gasteiger partial charge in [-0.3, -0.25) is 13.7 Å². The van der Waals surface area contributed by atoms with Gasteiger partial charge in [0.05, 0.1) is 33.8 Å². The molecule has 0 bridgehead atoms. The van der Waals surface area contributed by atoms with Gasteiger partial charge in [-0.05, 0) is 96.4 Å². The van der Waals surface area contributed by atoms with Crippen molar-refractivity contribution in [3.63, 3.8) is 0 Å². The summed E-state index contributed by atoms with van der Waals surface area (Å²) < 4.78 is 105. The minimum Gasteiger partial charge on any atom is -0.508 e. The normalized spacial score (nSPS) is 12.6. The van der Waals surface area contributed by atoms with Crippen LogP contribution in [0.1, 0.15) is 0 Å². The number of phenolic OH excluding ortho intramolecular Hbond substituents is 3. The second-order valence-corrected chi connectivity index (χ2v) is 16.1. The summed E-state index contributed by atoms with van der Waals surface area (Å²) in [6.45, 7) is 0. The number of anilines is 4. The van der Waals surface area contributed by atoms with Gasteiger partial charge in [0.25, 0.3) is 30.4 Å². The van der Waals surface area contributed by atoms with Crippen LogP contribution >= 0.6 is 0 Å². The van der Waals surface area contributed by atoms with Gasteiger partial charge in [-0.15, -0.1) is 15.3 Å². The van der Waals surface area contributed by atoms with Gasteiger partial charge in [-0.2, -0.15) is 40.6 Å². The lowest BCUT2D eigenvalue weighted by Crippen LogP contribution is -2.04. The van der Waals surface area contributed by atoms with Crippen LogP contribution in [-0.2, 0) is 30.4 Å². The molecule has 6 aromatic carbocycles. The van der Waals surface area contributed by atoms with Crippen molar-refractivity contribution in [1.29, 1.82) is 0 Å². The molecule has 0 aliphatic carbocycles. The molecule has 6 aromatic rings. The molecule has 0 unspecified atom stereocenters. The Morgan fingerprint density at radius 3 is 1.62 bits per heavy atom. The van der Waals surface area contributed by atoms with E-state index in [1.165, 1.54) is 78.9 Å². The lowest BCUT2D eigenvalue weighted by Gasteiger charge is -2.14. The van der Waals surface area contributed by atoms with E-state index >= 15 is 0 Å². The average molecular weight is 850 g/mol. The van der Waals surface area contributed by atoms with Gasteiger partial charge in [-0.1, -0.05) is 0 Å². The van der Waals surface area contributed by atoms with E-state index < -0.39 is 78.6 Å². The molecule has 58 heavy (non-hydrogen) atoms. The van der Waals surface area contributed by atoms with E-state index in [4.69, 9.17) is 11.5 Å². The maximum absolute atomic E-state index is 12.5. The van der Waals surface area contributed by atoms with Crippen molar-refractivity contribution >= 4 is 98.0 Å². The van der Waals surface area contributed by atoms with Crippen molar-refractivity contribution < 1.29 is 54.2 Å². The molecular formula is C34H27N9O12S3. The van der Waals surface area contributed by atoms with Crippen LogP contribution in [0.4, 0.5) is 56.9 Å². The molecule has 298 valence electrons. The van der Waals surface area contributed by atoms with E-state index in [0.29, 0.717) is 29.2 Å². The first kappa shape index (κ1) is 40.6. The van der Waals surface area contributed by atoms with Crippen LogP contribution < -0.4 is 16.8 Å². The fourth-order valence-corrected chi connectivity index (χ4v) is 7.23. The summed E-state index contributed by atoms with van der Waals surface area (Å²) in [6, 6.07) is 20.0. The molecule has 0 aliphatic heterocycles. The van der Waals surface area contributed by atoms with Gasteiger partial charge in [0.15, 0.2) is 5.75 Å². The number of nitrogens with one attached hydrogen (secondary N) is 1. The highest BCUT2D eigenvalue weighted by molar-refractivity contribution is 7.86. The lowest BCUT2D eigenvalue weighted by atomic mass is 10.1. The fourth-order valence-electron chi connectivity index (χ4n) is 5.23. The van der Waals surface area contributed by atoms with Gasteiger partial charge in [0, 0.05) is 17.4 Å². The highest BCUT2D eigenvalue weighted by Crippen LogP contribution is 2.48. The van der Waals surface area contributed by atoms with Gasteiger partial charge in [0.1, 0.15) is 43.2 Å². The Kier molecular flexibility index (Phi) is 10.8. The average Bonchev–Trinajstić information content (AvgIpc) is 3.14. The maximum atomic E-state index is 12.5. The Bertz CT molecular complexity index is 3050. The number of hydrogen-bond acceptors (Lipinski definition) is 18. The van der Waals surface area contributed by atoms with Gasteiger partial charge < -0.3 is 32.1 Å². The Labute approximate surface area is 327 Å². The summed E-state index contributed by atoms with van der Waals surface area (Å²) in [5, 5.41) is 55.8. The topological polar surface area (TPSA) is 362 Å². The molecule has 0 spiro atoms. The molecule has 0 fully saturated rings. The van der Waals surface area contributed by atoms with E-state index in [0.717, 1.165) is 6.07 Å². The Hall–Kier alpha value is -7.09. The first-order valence-electron chi connectivity index (χ1n) is 15.9. The minimum absolute atomic E-state index is 0.0716. The van der Waals surface area contributed by atoms with E-state index in [2.05, 4.69) is 36.0 Å². The molecule has 0 aliphatic rings. The summed E-state index contributed by atoms with van der Waals surface area (Å²) in [4.78, 5) is -2.77. The minimum atomic E-state index is -5.23. The van der Waals surface area contributed by atoms with Crippen molar-refractivity contribution in [1.82, 2.24) is 0 Å². The van der Waals surface area contributed by atoms with Crippen molar-refractivity contribution in [3.05, 3.63) is 97.1 Å². The van der Waals surface area contributed by atoms with Crippen molar-refractivity contribution in [2.45, 2.75) is 14.7 Å². The highest BCUT2D eigenvalue weighted by atomic mass is 32.2. The number of azo groups is 3. The highest BCUT2D eigenvalue weighted by Gasteiger charge is 2.28. The van der Waals surface area contributed by atoms with Crippen LogP contribution in [0, 0.1) is 0 Å². The largest absolute Gasteiger partial charge is 0.508 e. The zero-order valence-electron chi connectivity index (χ0n) is 28.9. The second kappa shape index (κ2) is 15.4. The first-order chi connectivity index (χ1) is 27.2. The summed E-state index contributed by atoms with van der Waals surface area (Å²) in [5.41, 5.74) is 10.3.